The molecule has 0 spiro atoms. The van der Waals surface area contributed by atoms with Crippen LogP contribution in [0.4, 0.5) is 0 Å². The Labute approximate surface area is 116 Å². The van der Waals surface area contributed by atoms with Gasteiger partial charge >= 0.3 is 0 Å². The van der Waals surface area contributed by atoms with E-state index in [1.165, 1.54) is 0 Å². The van der Waals surface area contributed by atoms with Crippen LogP contribution in [0.3, 0.4) is 0 Å². The molecule has 0 saturated carbocycles. The van der Waals surface area contributed by atoms with Gasteiger partial charge in [-0.1, -0.05) is 0 Å². The molecule has 2 rings (SSSR count). The largest absolute Gasteiger partial charge is 0.460 e. The monoisotopic (exact) mass is 267 g/mol. The normalized spacial score (nSPS) is 10.9. The zero-order valence-electron chi connectivity index (χ0n) is 11.2. The van der Waals surface area contributed by atoms with Crippen LogP contribution < -0.4 is 5.43 Å². The van der Waals surface area contributed by atoms with Crippen LogP contribution in [0, 0.1) is 18.3 Å². The van der Waals surface area contributed by atoms with Crippen molar-refractivity contribution in [1.29, 1.82) is 5.26 Å². The van der Waals surface area contributed by atoms with E-state index >= 15 is 0 Å². The molecule has 100 valence electrons. The molecule has 1 amide bonds. The molecule has 5 heteroatoms. The Kier molecular flexibility index (Phi) is 3.96. The number of benzene rings is 1. The van der Waals surface area contributed by atoms with E-state index in [0.717, 1.165) is 5.76 Å². The number of nitriles is 1. The van der Waals surface area contributed by atoms with E-state index in [0.29, 0.717) is 22.6 Å². The number of rotatable bonds is 3. The number of hydrazone groups is 1. The summed E-state index contributed by atoms with van der Waals surface area (Å²) in [4.78, 5) is 11.9. The summed E-state index contributed by atoms with van der Waals surface area (Å²) < 4.78 is 5.40. The van der Waals surface area contributed by atoms with Gasteiger partial charge in [0.2, 0.25) is 0 Å². The standard InChI is InChI=1S/C15H13N3O2/c1-10-3-8-14(20-10)11(2)17-18-15(19)13-6-4-12(9-16)5-7-13/h3-8H,1-2H3,(H,18,19). The average Bonchev–Trinajstić information content (AvgIpc) is 2.91. The van der Waals surface area contributed by atoms with Gasteiger partial charge in [0.15, 0.2) is 0 Å². The summed E-state index contributed by atoms with van der Waals surface area (Å²) in [5.41, 5.74) is 3.98. The molecule has 0 unspecified atom stereocenters. The fraction of sp³-hybridized carbons (Fsp3) is 0.133. The highest BCUT2D eigenvalue weighted by Crippen LogP contribution is 2.07. The van der Waals surface area contributed by atoms with E-state index in [1.54, 1.807) is 37.3 Å². The van der Waals surface area contributed by atoms with Gasteiger partial charge in [-0.25, -0.2) is 5.43 Å². The SMILES string of the molecule is CC(=NNC(=O)c1ccc(C#N)cc1)c1ccc(C)o1. The van der Waals surface area contributed by atoms with Crippen LogP contribution in [0.5, 0.6) is 0 Å². The lowest BCUT2D eigenvalue weighted by Crippen LogP contribution is -2.19. The summed E-state index contributed by atoms with van der Waals surface area (Å²) in [5, 5.41) is 12.7. The highest BCUT2D eigenvalue weighted by atomic mass is 16.3. The minimum absolute atomic E-state index is 0.336. The van der Waals surface area contributed by atoms with Gasteiger partial charge in [-0.3, -0.25) is 4.79 Å². The zero-order chi connectivity index (χ0) is 14.5. The maximum atomic E-state index is 11.9. The van der Waals surface area contributed by atoms with Crippen molar-refractivity contribution in [1.82, 2.24) is 5.43 Å². The lowest BCUT2D eigenvalue weighted by molar-refractivity contribution is 0.0955. The Morgan fingerprint density at radius 3 is 2.50 bits per heavy atom. The summed E-state index contributed by atoms with van der Waals surface area (Å²) in [7, 11) is 0. The summed E-state index contributed by atoms with van der Waals surface area (Å²) in [5.74, 6) is 1.06. The average molecular weight is 267 g/mol. The number of nitrogens with one attached hydrogen (secondary N) is 1. The molecule has 1 heterocycles. The van der Waals surface area contributed by atoms with E-state index in [-0.39, 0.29) is 5.91 Å². The van der Waals surface area contributed by atoms with Crippen molar-refractivity contribution < 1.29 is 9.21 Å². The first-order valence-corrected chi connectivity index (χ1v) is 6.02. The smallest absolute Gasteiger partial charge is 0.271 e. The van der Waals surface area contributed by atoms with Crippen molar-refractivity contribution in [2.45, 2.75) is 13.8 Å². The molecule has 0 aliphatic carbocycles. The van der Waals surface area contributed by atoms with E-state index < -0.39 is 0 Å². The molecule has 0 saturated heterocycles. The third kappa shape index (κ3) is 3.12. The van der Waals surface area contributed by atoms with Gasteiger partial charge in [-0.2, -0.15) is 10.4 Å². The molecular formula is C15H13N3O2. The Morgan fingerprint density at radius 1 is 1.25 bits per heavy atom. The third-order valence-electron chi connectivity index (χ3n) is 2.70. The molecule has 0 bridgehead atoms. The molecule has 0 radical (unpaired) electrons. The number of nitrogens with zero attached hydrogens (tertiary/aromatic N) is 2. The van der Waals surface area contributed by atoms with E-state index in [9.17, 15) is 4.79 Å². The van der Waals surface area contributed by atoms with Gasteiger partial charge in [-0.05, 0) is 50.2 Å². The number of carbonyl (C=O) groups excluding carboxylic acids is 1. The van der Waals surface area contributed by atoms with Crippen molar-refractivity contribution in [3.63, 3.8) is 0 Å². The van der Waals surface area contributed by atoms with Crippen molar-refractivity contribution in [2.24, 2.45) is 5.10 Å². The molecule has 0 fully saturated rings. The van der Waals surface area contributed by atoms with Gasteiger partial charge in [0, 0.05) is 5.56 Å². The van der Waals surface area contributed by atoms with Gasteiger partial charge in [-0.15, -0.1) is 0 Å². The molecule has 1 N–H and O–H groups in total. The predicted octanol–water partition coefficient (Wildman–Crippen LogP) is 2.61. The van der Waals surface area contributed by atoms with E-state index in [2.05, 4.69) is 10.5 Å². The van der Waals surface area contributed by atoms with Crippen molar-refractivity contribution >= 4 is 11.6 Å². The Hall–Kier alpha value is -2.87. The van der Waals surface area contributed by atoms with Gasteiger partial charge in [0.25, 0.3) is 5.91 Å². The van der Waals surface area contributed by atoms with E-state index in [4.69, 9.17) is 9.68 Å². The molecule has 0 aliphatic rings. The Bertz CT molecular complexity index is 691. The summed E-state index contributed by atoms with van der Waals surface area (Å²) in [6.45, 7) is 3.59. The first kappa shape index (κ1) is 13.6. The van der Waals surface area contributed by atoms with Crippen molar-refractivity contribution in [2.75, 3.05) is 0 Å². The van der Waals surface area contributed by atoms with Crippen LogP contribution in [0.25, 0.3) is 0 Å². The van der Waals surface area contributed by atoms with Crippen LogP contribution >= 0.6 is 0 Å². The predicted molar refractivity (Wildman–Crippen MR) is 74.3 cm³/mol. The minimum atomic E-state index is -0.336. The number of furan rings is 1. The second-order valence-electron chi connectivity index (χ2n) is 4.24. The second kappa shape index (κ2) is 5.85. The van der Waals surface area contributed by atoms with Crippen LogP contribution in [0.15, 0.2) is 45.9 Å². The summed E-state index contributed by atoms with van der Waals surface area (Å²) in [6, 6.07) is 11.9. The first-order chi connectivity index (χ1) is 9.60. The van der Waals surface area contributed by atoms with Gasteiger partial charge in [0.1, 0.15) is 17.2 Å². The lowest BCUT2D eigenvalue weighted by Gasteiger charge is -2.01. The van der Waals surface area contributed by atoms with E-state index in [1.807, 2.05) is 19.1 Å². The van der Waals surface area contributed by atoms with Gasteiger partial charge in [0.05, 0.1) is 11.6 Å². The van der Waals surface area contributed by atoms with Crippen LogP contribution in [0.1, 0.15) is 34.4 Å². The molecule has 0 aliphatic heterocycles. The second-order valence-corrected chi connectivity index (χ2v) is 4.24. The van der Waals surface area contributed by atoms with Crippen LogP contribution in [0.2, 0.25) is 0 Å². The number of aryl methyl sites for hydroxylation is 1. The van der Waals surface area contributed by atoms with Crippen LogP contribution in [-0.4, -0.2) is 11.6 Å². The minimum Gasteiger partial charge on any atom is -0.460 e. The summed E-state index contributed by atoms with van der Waals surface area (Å²) in [6.07, 6.45) is 0. The Balaban J connectivity index is 2.06. The number of hydrogen-bond acceptors (Lipinski definition) is 4. The van der Waals surface area contributed by atoms with Crippen molar-refractivity contribution in [3.8, 4) is 6.07 Å². The summed E-state index contributed by atoms with van der Waals surface area (Å²) >= 11 is 0. The number of hydrogen-bond donors (Lipinski definition) is 1. The topological polar surface area (TPSA) is 78.4 Å². The maximum Gasteiger partial charge on any atom is 0.271 e. The molecule has 1 aromatic heterocycles. The van der Waals surface area contributed by atoms with Gasteiger partial charge < -0.3 is 4.42 Å². The fourth-order valence-corrected chi connectivity index (χ4v) is 1.58. The molecule has 20 heavy (non-hydrogen) atoms. The fourth-order valence-electron chi connectivity index (χ4n) is 1.58. The quantitative estimate of drug-likeness (QED) is 0.685. The molecule has 5 nitrogen and oxygen atoms in total. The van der Waals surface area contributed by atoms with Crippen LogP contribution in [-0.2, 0) is 0 Å². The highest BCUT2D eigenvalue weighted by molar-refractivity contribution is 5.99. The molecule has 0 atom stereocenters. The molecule has 1 aromatic carbocycles. The zero-order valence-corrected chi connectivity index (χ0v) is 11.2. The van der Waals surface area contributed by atoms with Crippen molar-refractivity contribution in [3.05, 3.63) is 59.0 Å². The molecule has 2 aromatic rings. The molecular weight excluding hydrogens is 254 g/mol. The Morgan fingerprint density at radius 2 is 1.95 bits per heavy atom. The maximum absolute atomic E-state index is 11.9. The number of amides is 1. The highest BCUT2D eigenvalue weighted by Gasteiger charge is 2.06. The number of carbonyl (C=O) groups is 1. The first-order valence-electron chi connectivity index (χ1n) is 6.02. The third-order valence-corrected chi connectivity index (χ3v) is 2.70. The lowest BCUT2D eigenvalue weighted by atomic mass is 10.1.